The first-order valence-electron chi connectivity index (χ1n) is 10.1. The maximum absolute atomic E-state index is 13.5. The molecule has 1 aliphatic rings. The number of quaternary nitrogens is 1. The van der Waals surface area contributed by atoms with Crippen LogP contribution in [0, 0.1) is 5.92 Å². The lowest BCUT2D eigenvalue weighted by Crippen LogP contribution is -2.59. The summed E-state index contributed by atoms with van der Waals surface area (Å²) in [4.78, 5) is 17.8. The summed E-state index contributed by atoms with van der Waals surface area (Å²) in [5, 5.41) is 6.83. The molecule has 1 aromatic rings. The highest BCUT2D eigenvalue weighted by Crippen LogP contribution is 2.37. The Morgan fingerprint density at radius 1 is 1.40 bits per heavy atom. The topological polar surface area (TPSA) is 54.8 Å². The van der Waals surface area contributed by atoms with Crippen LogP contribution in [0.15, 0.2) is 41.9 Å². The van der Waals surface area contributed by atoms with Crippen LogP contribution in [0.3, 0.4) is 0 Å². The molecular formula is C21H34ClN4O2SSi+. The Labute approximate surface area is 191 Å². The number of carbonyl (C=O) groups excluding carboxylic acids is 1. The Balaban J connectivity index is 2.40. The molecule has 9 heteroatoms. The van der Waals surface area contributed by atoms with Gasteiger partial charge in [0.15, 0.2) is 19.7 Å². The van der Waals surface area contributed by atoms with Gasteiger partial charge in [0.1, 0.15) is 0 Å². The number of nitrogens with zero attached hydrogens (tertiary/aromatic N) is 4. The van der Waals surface area contributed by atoms with Crippen LogP contribution < -0.4 is 4.70 Å². The molecule has 1 aromatic heterocycles. The second-order valence-corrected chi connectivity index (χ2v) is 15.1. The Kier molecular flexibility index (Phi) is 8.32. The van der Waals surface area contributed by atoms with Crippen molar-refractivity contribution in [2.45, 2.75) is 45.8 Å². The van der Waals surface area contributed by atoms with Gasteiger partial charge in [-0.15, -0.1) is 5.01 Å². The Hall–Kier alpha value is -1.19. The highest BCUT2D eigenvalue weighted by Gasteiger charge is 2.46. The third-order valence-electron chi connectivity index (χ3n) is 5.73. The molecule has 2 unspecified atom stereocenters. The molecule has 0 saturated carbocycles. The molecule has 0 spiro atoms. The normalized spacial score (nSPS) is 20.2. The number of hydrogen-bond acceptors (Lipinski definition) is 5. The van der Waals surface area contributed by atoms with Crippen LogP contribution in [0.5, 0.6) is 0 Å². The van der Waals surface area contributed by atoms with Gasteiger partial charge < -0.3 is 4.43 Å². The maximum Gasteiger partial charge on any atom is 0.274 e. The number of carbonyl (C=O) groups is 1. The third-order valence-corrected chi connectivity index (χ3v) is 11.3. The Morgan fingerprint density at radius 2 is 2.10 bits per heavy atom. The smallest absolute Gasteiger partial charge is 0.274 e. The summed E-state index contributed by atoms with van der Waals surface area (Å²) < 4.78 is 6.24. The molecule has 0 saturated heterocycles. The van der Waals surface area contributed by atoms with Gasteiger partial charge in [-0.2, -0.15) is 11.8 Å². The van der Waals surface area contributed by atoms with Crippen molar-refractivity contribution in [2.24, 2.45) is 11.0 Å². The molecule has 0 aliphatic carbocycles. The van der Waals surface area contributed by atoms with Crippen LogP contribution >= 0.6 is 23.4 Å². The fourth-order valence-corrected chi connectivity index (χ4v) is 4.78. The first-order chi connectivity index (χ1) is 13.9. The lowest BCUT2D eigenvalue weighted by atomic mass is 10.2. The van der Waals surface area contributed by atoms with Crippen LogP contribution in [-0.4, -0.2) is 54.5 Å². The van der Waals surface area contributed by atoms with Crippen molar-refractivity contribution in [3.05, 3.63) is 36.8 Å². The number of pyridine rings is 1. The molecule has 1 aliphatic heterocycles. The van der Waals surface area contributed by atoms with Gasteiger partial charge in [-0.3, -0.25) is 9.78 Å². The van der Waals surface area contributed by atoms with E-state index in [1.54, 1.807) is 35.2 Å². The highest BCUT2D eigenvalue weighted by atomic mass is 35.5. The van der Waals surface area contributed by atoms with Crippen LogP contribution in [0.1, 0.15) is 27.7 Å². The zero-order valence-electron chi connectivity index (χ0n) is 19.1. The summed E-state index contributed by atoms with van der Waals surface area (Å²) in [7, 11) is -1.95. The van der Waals surface area contributed by atoms with Gasteiger partial charge >= 0.3 is 0 Å². The van der Waals surface area contributed by atoms with Crippen LogP contribution in [-0.2, 0) is 9.22 Å². The number of allylic oxidation sites excluding steroid dienone is 1. The number of thioether (sulfide) groups is 1. The fraction of sp³-hybridized carbons (Fsp3) is 0.571. The summed E-state index contributed by atoms with van der Waals surface area (Å²) in [5.41, 5.74) is 0.751. The summed E-state index contributed by atoms with van der Waals surface area (Å²) in [6.07, 6.45) is 8.98. The molecule has 2 atom stereocenters. The lowest BCUT2D eigenvalue weighted by Gasteiger charge is -2.39. The van der Waals surface area contributed by atoms with Crippen molar-refractivity contribution in [3.8, 4) is 0 Å². The lowest BCUT2D eigenvalue weighted by molar-refractivity contribution is -0.147. The summed E-state index contributed by atoms with van der Waals surface area (Å²) >= 11 is 7.92. The molecule has 0 radical (unpaired) electrons. The largest absolute Gasteiger partial charge is 0.415 e. The zero-order chi connectivity index (χ0) is 22.6. The first kappa shape index (κ1) is 25.1. The van der Waals surface area contributed by atoms with Gasteiger partial charge in [0.05, 0.1) is 19.3 Å². The number of aromatic nitrogens is 1. The van der Waals surface area contributed by atoms with Gasteiger partial charge in [0.25, 0.3) is 5.91 Å². The van der Waals surface area contributed by atoms with E-state index < -0.39 is 8.32 Å². The van der Waals surface area contributed by atoms with E-state index in [0.29, 0.717) is 18.3 Å². The summed E-state index contributed by atoms with van der Waals surface area (Å²) in [5.74, 6) is 0.571. The van der Waals surface area contributed by atoms with Crippen LogP contribution in [0.25, 0.3) is 0 Å². The average Bonchev–Trinajstić information content (AvgIpc) is 3.07. The second-order valence-electron chi connectivity index (χ2n) is 9.03. The third kappa shape index (κ3) is 5.53. The molecule has 2 rings (SSSR count). The molecular weight excluding hydrogens is 436 g/mol. The molecule has 0 fully saturated rings. The predicted molar refractivity (Wildman–Crippen MR) is 131 cm³/mol. The van der Waals surface area contributed by atoms with E-state index >= 15 is 0 Å². The van der Waals surface area contributed by atoms with E-state index in [9.17, 15) is 4.79 Å². The van der Waals surface area contributed by atoms with Crippen molar-refractivity contribution >= 4 is 48.4 Å². The number of amides is 1. The van der Waals surface area contributed by atoms with Crippen molar-refractivity contribution in [3.63, 3.8) is 0 Å². The molecule has 0 aromatic carbocycles. The van der Waals surface area contributed by atoms with E-state index in [1.165, 1.54) is 0 Å². The van der Waals surface area contributed by atoms with E-state index in [2.05, 4.69) is 44.0 Å². The van der Waals surface area contributed by atoms with Crippen molar-refractivity contribution in [2.75, 3.05) is 25.2 Å². The quantitative estimate of drug-likeness (QED) is 0.367. The molecule has 30 heavy (non-hydrogen) atoms. The number of hydrogen-bond donors (Lipinski definition) is 0. The monoisotopic (exact) mass is 469 g/mol. The second kappa shape index (κ2) is 9.95. The first-order valence-corrected chi connectivity index (χ1v) is 14.8. The molecule has 0 N–H and O–H groups in total. The minimum absolute atomic E-state index is 0.00630. The number of rotatable bonds is 9. The van der Waals surface area contributed by atoms with Gasteiger partial charge in [-0.25, -0.2) is 0 Å². The molecule has 1 amide bonds. The zero-order valence-corrected chi connectivity index (χ0v) is 21.6. The van der Waals surface area contributed by atoms with Crippen LogP contribution in [0.4, 0.5) is 5.69 Å². The Bertz CT molecular complexity index is 798. The van der Waals surface area contributed by atoms with Gasteiger partial charge in [-0.1, -0.05) is 39.3 Å². The highest BCUT2D eigenvalue weighted by molar-refractivity contribution is 7.98. The van der Waals surface area contributed by atoms with Crippen LogP contribution in [0.2, 0.25) is 18.1 Å². The van der Waals surface area contributed by atoms with E-state index in [4.69, 9.17) is 16.0 Å². The van der Waals surface area contributed by atoms with Gasteiger partial charge in [0, 0.05) is 30.0 Å². The average molecular weight is 470 g/mol. The molecule has 2 heterocycles. The minimum atomic E-state index is -1.95. The minimum Gasteiger partial charge on any atom is -0.415 e. The number of halogens is 1. The standard InChI is InChI=1S/C21H34ClN4O2SSi/c1-17(16-29-5)20(27)25(12-14-28-30(6,7)21(2,3)4)26(13-10-19(22)24-26)18-9-8-11-23-15-18/h8-11,13,15,17H,12,14,16H2,1-7H3/q+1. The Morgan fingerprint density at radius 3 is 2.60 bits per heavy atom. The van der Waals surface area contributed by atoms with Gasteiger partial charge in [0.2, 0.25) is 5.69 Å². The molecule has 6 nitrogen and oxygen atoms in total. The fourth-order valence-electron chi connectivity index (χ4n) is 2.94. The SMILES string of the molecule is CSCC(C)C(=O)N(CCO[Si](C)(C)C(C)(C)C)[N+]1(c2cccnc2)C=CC(Cl)=N1. The maximum atomic E-state index is 13.5. The molecule has 0 bridgehead atoms. The van der Waals surface area contributed by atoms with Crippen molar-refractivity contribution in [1.82, 2.24) is 14.7 Å². The summed E-state index contributed by atoms with van der Waals surface area (Å²) in [6, 6.07) is 3.75. The van der Waals surface area contributed by atoms with Crippen molar-refractivity contribution < 1.29 is 9.22 Å². The summed E-state index contributed by atoms with van der Waals surface area (Å²) in [6.45, 7) is 13.8. The van der Waals surface area contributed by atoms with Gasteiger partial charge in [-0.05, 0) is 40.3 Å². The predicted octanol–water partition coefficient (Wildman–Crippen LogP) is 5.23. The van der Waals surface area contributed by atoms with E-state index in [1.807, 2.05) is 31.5 Å². The van der Waals surface area contributed by atoms with E-state index in [0.717, 1.165) is 11.4 Å². The molecule has 166 valence electrons. The van der Waals surface area contributed by atoms with E-state index in [-0.39, 0.29) is 21.6 Å². The van der Waals surface area contributed by atoms with Crippen molar-refractivity contribution in [1.29, 1.82) is 0 Å².